The van der Waals surface area contributed by atoms with Crippen molar-refractivity contribution < 1.29 is 0 Å². The van der Waals surface area contributed by atoms with Gasteiger partial charge < -0.3 is 0 Å². The standard InChI is InChI=1S/C4H7NS/c1-4(3-6)5-2/h3H,1-2H3. The molecular weight excluding hydrogens is 94.1 g/mol. The van der Waals surface area contributed by atoms with Crippen LogP contribution in [0.15, 0.2) is 4.99 Å². The lowest BCUT2D eigenvalue weighted by Gasteiger charge is -1.76. The second kappa shape index (κ2) is 2.97. The molecule has 0 aliphatic heterocycles. The third-order valence-electron chi connectivity index (χ3n) is 0.523. The number of nitrogens with zero attached hydrogens (tertiary/aromatic N) is 1. The molecule has 34 valence electrons. The Labute approximate surface area is 43.1 Å². The van der Waals surface area contributed by atoms with Crippen molar-refractivity contribution in [2.75, 3.05) is 7.05 Å². The molecule has 0 rings (SSSR count). The van der Waals surface area contributed by atoms with E-state index in [0.29, 0.717) is 0 Å². The number of thiocarbonyl (C=S) groups is 1. The van der Waals surface area contributed by atoms with Crippen molar-refractivity contribution in [2.24, 2.45) is 4.99 Å². The molecule has 0 atom stereocenters. The summed E-state index contributed by atoms with van der Waals surface area (Å²) in [6, 6.07) is 0. The molecule has 0 aliphatic carbocycles. The van der Waals surface area contributed by atoms with Crippen molar-refractivity contribution in [1.29, 1.82) is 0 Å². The van der Waals surface area contributed by atoms with E-state index in [9.17, 15) is 0 Å². The Hall–Kier alpha value is -0.240. The second-order valence-electron chi connectivity index (χ2n) is 0.983. The van der Waals surface area contributed by atoms with E-state index in [1.54, 1.807) is 12.4 Å². The van der Waals surface area contributed by atoms with Gasteiger partial charge in [-0.1, -0.05) is 12.2 Å². The fourth-order valence-corrected chi connectivity index (χ4v) is 0.158. The average molecular weight is 101 g/mol. The van der Waals surface area contributed by atoms with Gasteiger partial charge in [0, 0.05) is 18.1 Å². The SMILES string of the molecule is CN=C(C)C=S. The van der Waals surface area contributed by atoms with E-state index in [0.717, 1.165) is 5.71 Å². The first-order valence-electron chi connectivity index (χ1n) is 1.70. The van der Waals surface area contributed by atoms with Gasteiger partial charge in [-0.05, 0) is 6.92 Å². The summed E-state index contributed by atoms with van der Waals surface area (Å²) in [7, 11) is 1.72. The van der Waals surface area contributed by atoms with Crippen LogP contribution in [-0.2, 0) is 0 Å². The van der Waals surface area contributed by atoms with Gasteiger partial charge in [-0.15, -0.1) is 0 Å². The summed E-state index contributed by atoms with van der Waals surface area (Å²) in [5.41, 5.74) is 0.907. The van der Waals surface area contributed by atoms with Crippen LogP contribution < -0.4 is 0 Å². The van der Waals surface area contributed by atoms with Crippen molar-refractivity contribution >= 4 is 23.3 Å². The topological polar surface area (TPSA) is 12.4 Å². The lowest BCUT2D eigenvalue weighted by atomic mass is 10.5. The van der Waals surface area contributed by atoms with Crippen molar-refractivity contribution in [3.05, 3.63) is 0 Å². The lowest BCUT2D eigenvalue weighted by Crippen LogP contribution is -1.85. The monoisotopic (exact) mass is 101 g/mol. The number of hydrogen-bond donors (Lipinski definition) is 0. The molecule has 0 saturated heterocycles. The zero-order valence-corrected chi connectivity index (χ0v) is 4.75. The molecule has 6 heavy (non-hydrogen) atoms. The molecular formula is C4H7NS. The molecule has 1 nitrogen and oxygen atoms in total. The largest absolute Gasteiger partial charge is 0.293 e. The van der Waals surface area contributed by atoms with E-state index in [1.807, 2.05) is 6.92 Å². The van der Waals surface area contributed by atoms with Gasteiger partial charge in [-0.25, -0.2) is 0 Å². The van der Waals surface area contributed by atoms with Crippen molar-refractivity contribution in [3.8, 4) is 0 Å². The van der Waals surface area contributed by atoms with Gasteiger partial charge in [-0.2, -0.15) is 0 Å². The van der Waals surface area contributed by atoms with Crippen LogP contribution in [0.2, 0.25) is 0 Å². The number of rotatable bonds is 1. The first-order chi connectivity index (χ1) is 2.81. The molecule has 0 bridgehead atoms. The first-order valence-corrected chi connectivity index (χ1v) is 2.17. The molecule has 0 radical (unpaired) electrons. The van der Waals surface area contributed by atoms with Gasteiger partial charge in [0.2, 0.25) is 0 Å². The predicted octanol–water partition coefficient (Wildman–Crippen LogP) is 1.08. The van der Waals surface area contributed by atoms with E-state index in [2.05, 4.69) is 17.2 Å². The van der Waals surface area contributed by atoms with Gasteiger partial charge in [0.15, 0.2) is 0 Å². The van der Waals surface area contributed by atoms with Crippen LogP contribution >= 0.6 is 12.2 Å². The zero-order chi connectivity index (χ0) is 4.99. The Balaban J connectivity index is 3.50. The normalized spacial score (nSPS) is 11.3. The molecule has 0 fully saturated rings. The summed E-state index contributed by atoms with van der Waals surface area (Å²) in [6.45, 7) is 1.87. The molecule has 0 unspecified atom stereocenters. The lowest BCUT2D eigenvalue weighted by molar-refractivity contribution is 1.45. The maximum absolute atomic E-state index is 4.52. The fourth-order valence-electron chi connectivity index (χ4n) is 0.0527. The molecule has 0 aromatic heterocycles. The summed E-state index contributed by atoms with van der Waals surface area (Å²) >= 11 is 4.52. The Morgan fingerprint density at radius 1 is 1.83 bits per heavy atom. The fraction of sp³-hybridized carbons (Fsp3) is 0.500. The third-order valence-corrected chi connectivity index (χ3v) is 0.864. The third kappa shape index (κ3) is 2.03. The van der Waals surface area contributed by atoms with Crippen molar-refractivity contribution in [1.82, 2.24) is 0 Å². The summed E-state index contributed by atoms with van der Waals surface area (Å²) in [4.78, 5) is 3.76. The molecule has 0 N–H and O–H groups in total. The molecule has 0 aromatic rings. The molecule has 2 heteroatoms. The highest BCUT2D eigenvalue weighted by Crippen LogP contribution is 1.64. The first kappa shape index (κ1) is 5.76. The molecule has 0 amide bonds. The number of hydrogen-bond acceptors (Lipinski definition) is 2. The quantitative estimate of drug-likeness (QED) is 0.355. The van der Waals surface area contributed by atoms with Gasteiger partial charge in [0.1, 0.15) is 0 Å². The maximum atomic E-state index is 4.52. The van der Waals surface area contributed by atoms with Crippen LogP contribution in [0.4, 0.5) is 0 Å². The van der Waals surface area contributed by atoms with Gasteiger partial charge in [-0.3, -0.25) is 4.99 Å². The van der Waals surface area contributed by atoms with Crippen molar-refractivity contribution in [3.63, 3.8) is 0 Å². The average Bonchev–Trinajstić information content (AvgIpc) is 1.65. The smallest absolute Gasteiger partial charge is 0.0421 e. The number of aliphatic imine (C=N–C) groups is 1. The molecule has 0 aliphatic rings. The van der Waals surface area contributed by atoms with E-state index in [-0.39, 0.29) is 0 Å². The summed E-state index contributed by atoms with van der Waals surface area (Å²) in [5, 5.41) is 1.56. The van der Waals surface area contributed by atoms with E-state index >= 15 is 0 Å². The Kier molecular flexibility index (Phi) is 2.85. The molecule has 0 heterocycles. The van der Waals surface area contributed by atoms with E-state index in [1.165, 1.54) is 0 Å². The van der Waals surface area contributed by atoms with E-state index < -0.39 is 0 Å². The summed E-state index contributed by atoms with van der Waals surface area (Å²) in [6.07, 6.45) is 0. The highest BCUT2D eigenvalue weighted by atomic mass is 32.1. The Morgan fingerprint density at radius 3 is 2.33 bits per heavy atom. The minimum atomic E-state index is 0.907. The summed E-state index contributed by atoms with van der Waals surface area (Å²) < 4.78 is 0. The van der Waals surface area contributed by atoms with Gasteiger partial charge in [0.25, 0.3) is 0 Å². The van der Waals surface area contributed by atoms with Crippen LogP contribution in [0.1, 0.15) is 6.92 Å². The minimum absolute atomic E-state index is 0.907. The van der Waals surface area contributed by atoms with Crippen LogP contribution in [0.25, 0.3) is 0 Å². The second-order valence-corrected chi connectivity index (χ2v) is 1.22. The predicted molar refractivity (Wildman–Crippen MR) is 32.7 cm³/mol. The summed E-state index contributed by atoms with van der Waals surface area (Å²) in [5.74, 6) is 0. The minimum Gasteiger partial charge on any atom is -0.293 e. The maximum Gasteiger partial charge on any atom is 0.0421 e. The molecule has 0 spiro atoms. The highest BCUT2D eigenvalue weighted by molar-refractivity contribution is 7.80. The van der Waals surface area contributed by atoms with Crippen LogP contribution in [0, 0.1) is 0 Å². The van der Waals surface area contributed by atoms with Gasteiger partial charge >= 0.3 is 0 Å². The van der Waals surface area contributed by atoms with Crippen LogP contribution in [0.5, 0.6) is 0 Å². The Morgan fingerprint density at radius 2 is 2.33 bits per heavy atom. The van der Waals surface area contributed by atoms with Crippen LogP contribution in [0.3, 0.4) is 0 Å². The zero-order valence-electron chi connectivity index (χ0n) is 3.93. The molecule has 0 saturated carbocycles. The molecule has 0 aromatic carbocycles. The van der Waals surface area contributed by atoms with E-state index in [4.69, 9.17) is 0 Å². The van der Waals surface area contributed by atoms with Crippen molar-refractivity contribution in [2.45, 2.75) is 6.92 Å². The Bertz CT molecular complexity index is 75.6. The van der Waals surface area contributed by atoms with Gasteiger partial charge in [0.05, 0.1) is 0 Å². The highest BCUT2D eigenvalue weighted by Gasteiger charge is 1.70. The van der Waals surface area contributed by atoms with Crippen LogP contribution in [-0.4, -0.2) is 18.1 Å².